The summed E-state index contributed by atoms with van der Waals surface area (Å²) in [5.74, 6) is -1.21. The Bertz CT molecular complexity index is 1370. The van der Waals surface area contributed by atoms with E-state index in [2.05, 4.69) is 15.0 Å². The molecule has 1 N–H and O–H groups in total. The molecule has 1 fully saturated rings. The van der Waals surface area contributed by atoms with Crippen molar-refractivity contribution in [1.29, 1.82) is 0 Å². The summed E-state index contributed by atoms with van der Waals surface area (Å²) < 4.78 is 0. The normalized spacial score (nSPS) is 13.8. The average Bonchev–Trinajstić information content (AvgIpc) is 3.35. The third-order valence-electron chi connectivity index (χ3n) is 6.12. The van der Waals surface area contributed by atoms with E-state index >= 15 is 0 Å². The summed E-state index contributed by atoms with van der Waals surface area (Å²) in [7, 11) is 0. The average molecular weight is 454 g/mol. The first-order valence-electron chi connectivity index (χ1n) is 11.1. The minimum absolute atomic E-state index is 0.0687. The predicted molar refractivity (Wildman–Crippen MR) is 127 cm³/mol. The predicted octanol–water partition coefficient (Wildman–Crippen LogP) is 3.10. The number of rotatable bonds is 4. The molecule has 1 aliphatic rings. The van der Waals surface area contributed by atoms with Crippen LogP contribution in [0.4, 0.5) is 0 Å². The van der Waals surface area contributed by atoms with E-state index in [-0.39, 0.29) is 5.91 Å². The minimum atomic E-state index is -0.574. The first-order valence-corrected chi connectivity index (χ1v) is 11.1. The maximum absolute atomic E-state index is 13.2. The van der Waals surface area contributed by atoms with Gasteiger partial charge < -0.3 is 14.8 Å². The molecule has 0 unspecified atom stereocenters. The number of fused-ring (bicyclic) bond motifs is 1. The molecule has 8 heteroatoms. The van der Waals surface area contributed by atoms with Crippen molar-refractivity contribution in [3.8, 4) is 11.4 Å². The molecular weight excluding hydrogens is 430 g/mol. The topological polar surface area (TPSA) is 99.3 Å². The Labute approximate surface area is 196 Å². The standard InChI is InChI=1S/C26H23N5O3/c1-17-15-28-22(20-9-5-6-10-27-20)23-21(17)19(16-29-23)24(32)26(34)31-13-11-30(12-14-31)25(33)18-7-3-2-4-8-18/h2-10,15-16,29H,11-14H2,1H3. The molecule has 4 aromatic rings. The summed E-state index contributed by atoms with van der Waals surface area (Å²) in [4.78, 5) is 54.2. The lowest BCUT2D eigenvalue weighted by atomic mass is 10.0. The smallest absolute Gasteiger partial charge is 0.295 e. The Morgan fingerprint density at radius 1 is 0.882 bits per heavy atom. The highest BCUT2D eigenvalue weighted by atomic mass is 16.2. The minimum Gasteiger partial charge on any atom is -0.359 e. The summed E-state index contributed by atoms with van der Waals surface area (Å²) in [5, 5.41) is 0.673. The molecule has 170 valence electrons. The number of H-pyrrole nitrogens is 1. The number of nitrogens with one attached hydrogen (secondary N) is 1. The number of Topliss-reactive ketones (excluding diaryl/α,β-unsaturated/α-hetero) is 1. The van der Waals surface area contributed by atoms with E-state index in [1.807, 2.05) is 43.3 Å². The van der Waals surface area contributed by atoms with Gasteiger partial charge in [0.05, 0.1) is 16.8 Å². The number of aromatic amines is 1. The lowest BCUT2D eigenvalue weighted by Gasteiger charge is -2.34. The van der Waals surface area contributed by atoms with Gasteiger partial charge >= 0.3 is 0 Å². The largest absolute Gasteiger partial charge is 0.359 e. The van der Waals surface area contributed by atoms with Gasteiger partial charge in [-0.1, -0.05) is 24.3 Å². The Morgan fingerprint density at radius 3 is 2.29 bits per heavy atom. The molecule has 1 aromatic carbocycles. The van der Waals surface area contributed by atoms with E-state index in [9.17, 15) is 14.4 Å². The Hall–Kier alpha value is -4.33. The number of amides is 2. The van der Waals surface area contributed by atoms with Crippen molar-refractivity contribution in [2.75, 3.05) is 26.2 Å². The van der Waals surface area contributed by atoms with Gasteiger partial charge in [-0.3, -0.25) is 24.4 Å². The summed E-state index contributed by atoms with van der Waals surface area (Å²) in [6.45, 7) is 3.25. The van der Waals surface area contributed by atoms with Crippen LogP contribution in [-0.2, 0) is 4.79 Å². The van der Waals surface area contributed by atoms with Crippen LogP contribution in [0.2, 0.25) is 0 Å². The molecular formula is C26H23N5O3. The van der Waals surface area contributed by atoms with Crippen molar-refractivity contribution in [2.24, 2.45) is 0 Å². The first kappa shape index (κ1) is 21.5. The molecule has 3 aromatic heterocycles. The fraction of sp³-hybridized carbons (Fsp3) is 0.192. The zero-order valence-corrected chi connectivity index (χ0v) is 18.7. The van der Waals surface area contributed by atoms with Crippen molar-refractivity contribution in [3.63, 3.8) is 0 Å². The maximum atomic E-state index is 13.2. The number of carbonyl (C=O) groups excluding carboxylic acids is 3. The second-order valence-corrected chi connectivity index (χ2v) is 8.24. The first-order chi connectivity index (χ1) is 16.5. The van der Waals surface area contributed by atoms with E-state index < -0.39 is 11.7 Å². The number of pyridine rings is 2. The van der Waals surface area contributed by atoms with E-state index in [0.29, 0.717) is 59.6 Å². The van der Waals surface area contributed by atoms with Crippen LogP contribution in [0.5, 0.6) is 0 Å². The lowest BCUT2D eigenvalue weighted by molar-refractivity contribution is -0.127. The third kappa shape index (κ3) is 3.83. The molecule has 1 saturated heterocycles. The van der Waals surface area contributed by atoms with Crippen LogP contribution in [0.25, 0.3) is 22.3 Å². The van der Waals surface area contributed by atoms with Crippen molar-refractivity contribution in [1.82, 2.24) is 24.8 Å². The molecule has 0 aliphatic carbocycles. The number of carbonyl (C=O) groups is 3. The highest BCUT2D eigenvalue weighted by molar-refractivity contribution is 6.45. The van der Waals surface area contributed by atoms with Gasteiger partial charge in [0, 0.05) is 55.7 Å². The van der Waals surface area contributed by atoms with Crippen LogP contribution in [0.1, 0.15) is 26.3 Å². The molecule has 0 radical (unpaired) electrons. The molecule has 0 atom stereocenters. The fourth-order valence-corrected chi connectivity index (χ4v) is 4.32. The van der Waals surface area contributed by atoms with Crippen LogP contribution < -0.4 is 0 Å². The lowest BCUT2D eigenvalue weighted by Crippen LogP contribution is -2.52. The van der Waals surface area contributed by atoms with Gasteiger partial charge in [-0.25, -0.2) is 0 Å². The van der Waals surface area contributed by atoms with Gasteiger partial charge in [-0.2, -0.15) is 0 Å². The molecule has 8 nitrogen and oxygen atoms in total. The molecule has 0 saturated carbocycles. The van der Waals surface area contributed by atoms with E-state index in [1.54, 1.807) is 35.6 Å². The zero-order chi connectivity index (χ0) is 23.7. The molecule has 2 amide bonds. The van der Waals surface area contributed by atoms with E-state index in [4.69, 9.17) is 0 Å². The van der Waals surface area contributed by atoms with Gasteiger partial charge in [-0.15, -0.1) is 0 Å². The highest BCUT2D eigenvalue weighted by Crippen LogP contribution is 2.29. The Morgan fingerprint density at radius 2 is 1.59 bits per heavy atom. The molecule has 1 aliphatic heterocycles. The number of nitrogens with zero attached hydrogens (tertiary/aromatic N) is 4. The van der Waals surface area contributed by atoms with Crippen LogP contribution in [0.15, 0.2) is 67.1 Å². The Kier molecular flexibility index (Phi) is 5.63. The van der Waals surface area contributed by atoms with Gasteiger partial charge in [-0.05, 0) is 36.8 Å². The summed E-state index contributed by atoms with van der Waals surface area (Å²) in [6, 6.07) is 14.6. The van der Waals surface area contributed by atoms with Crippen molar-refractivity contribution in [3.05, 3.63) is 83.8 Å². The number of aromatic nitrogens is 3. The number of benzene rings is 1. The second kappa shape index (κ2) is 8.90. The summed E-state index contributed by atoms with van der Waals surface area (Å²) >= 11 is 0. The third-order valence-corrected chi connectivity index (χ3v) is 6.12. The number of hydrogen-bond acceptors (Lipinski definition) is 5. The number of aryl methyl sites for hydroxylation is 1. The summed E-state index contributed by atoms with van der Waals surface area (Å²) in [5.41, 5.74) is 3.71. The summed E-state index contributed by atoms with van der Waals surface area (Å²) in [6.07, 6.45) is 4.94. The zero-order valence-electron chi connectivity index (χ0n) is 18.7. The van der Waals surface area contributed by atoms with Crippen LogP contribution in [0, 0.1) is 6.92 Å². The van der Waals surface area contributed by atoms with Crippen LogP contribution in [0.3, 0.4) is 0 Å². The molecule has 34 heavy (non-hydrogen) atoms. The van der Waals surface area contributed by atoms with Gasteiger partial charge in [0.2, 0.25) is 0 Å². The van der Waals surface area contributed by atoms with Gasteiger partial charge in [0.25, 0.3) is 17.6 Å². The van der Waals surface area contributed by atoms with Crippen LogP contribution >= 0.6 is 0 Å². The molecule has 4 heterocycles. The quantitative estimate of drug-likeness (QED) is 0.378. The molecule has 0 bridgehead atoms. The fourth-order valence-electron chi connectivity index (χ4n) is 4.32. The molecule has 0 spiro atoms. The second-order valence-electron chi connectivity index (χ2n) is 8.24. The highest BCUT2D eigenvalue weighted by Gasteiger charge is 2.30. The molecule has 5 rings (SSSR count). The van der Waals surface area contributed by atoms with E-state index in [1.165, 1.54) is 4.90 Å². The van der Waals surface area contributed by atoms with Crippen molar-refractivity contribution in [2.45, 2.75) is 6.92 Å². The Balaban J connectivity index is 1.35. The number of hydrogen-bond donors (Lipinski definition) is 1. The van der Waals surface area contributed by atoms with Crippen LogP contribution in [-0.4, -0.2) is 68.5 Å². The van der Waals surface area contributed by atoms with Crippen molar-refractivity contribution < 1.29 is 14.4 Å². The monoisotopic (exact) mass is 453 g/mol. The van der Waals surface area contributed by atoms with Crippen molar-refractivity contribution >= 4 is 28.5 Å². The van der Waals surface area contributed by atoms with E-state index in [0.717, 1.165) is 5.56 Å². The number of ketones is 1. The SMILES string of the molecule is Cc1cnc(-c2ccccn2)c2[nH]cc(C(=O)C(=O)N3CCN(C(=O)c4ccccc4)CC3)c12. The van der Waals surface area contributed by atoms with Gasteiger partial charge in [0.1, 0.15) is 5.69 Å². The number of piperazine rings is 1. The maximum Gasteiger partial charge on any atom is 0.295 e. The van der Waals surface area contributed by atoms with Gasteiger partial charge in [0.15, 0.2) is 0 Å².